The number of piperidine rings is 1. The molecule has 1 aliphatic heterocycles. The number of likely N-dealkylation sites (tertiary alicyclic amines) is 1. The van der Waals surface area contributed by atoms with Crippen LogP contribution in [0.25, 0.3) is 28.1 Å². The molecule has 1 aliphatic rings. The number of nitrogens with one attached hydrogen (secondary N) is 1. The summed E-state index contributed by atoms with van der Waals surface area (Å²) in [4.78, 5) is 30.6. The van der Waals surface area contributed by atoms with Gasteiger partial charge in [-0.05, 0) is 31.2 Å². The Bertz CT molecular complexity index is 1250. The maximum Gasteiger partial charge on any atom is 0.255 e. The number of fused-ring (bicyclic) bond motifs is 1. The molecule has 4 aromatic rings. The van der Waals surface area contributed by atoms with Crippen LogP contribution >= 0.6 is 0 Å². The van der Waals surface area contributed by atoms with Crippen molar-refractivity contribution in [3.05, 3.63) is 60.4 Å². The first-order valence-electron chi connectivity index (χ1n) is 10.0. The lowest BCUT2D eigenvalue weighted by Crippen LogP contribution is -2.42. The van der Waals surface area contributed by atoms with Crippen LogP contribution < -0.4 is 0 Å². The van der Waals surface area contributed by atoms with Crippen LogP contribution in [0.1, 0.15) is 29.0 Å². The van der Waals surface area contributed by atoms with Gasteiger partial charge in [0, 0.05) is 49.9 Å². The number of hydrogen-bond donors (Lipinski definition) is 1. The van der Waals surface area contributed by atoms with Gasteiger partial charge in [-0.15, -0.1) is 0 Å². The van der Waals surface area contributed by atoms with Crippen LogP contribution in [0.3, 0.4) is 0 Å². The molecule has 0 aliphatic carbocycles. The van der Waals surface area contributed by atoms with E-state index >= 15 is 0 Å². The van der Waals surface area contributed by atoms with Crippen LogP contribution in [0, 0.1) is 6.92 Å². The molecule has 0 radical (unpaired) electrons. The van der Waals surface area contributed by atoms with Crippen molar-refractivity contribution >= 4 is 16.9 Å². The second-order valence-electron chi connectivity index (χ2n) is 7.74. The van der Waals surface area contributed by atoms with Gasteiger partial charge in [-0.25, -0.2) is 18.7 Å². The summed E-state index contributed by atoms with van der Waals surface area (Å²) in [7, 11) is 0. The zero-order chi connectivity index (χ0) is 21.6. The van der Waals surface area contributed by atoms with E-state index in [0.29, 0.717) is 11.2 Å². The highest BCUT2D eigenvalue weighted by Crippen LogP contribution is 2.29. The largest absolute Gasteiger partial charge is 0.348 e. The molecule has 5 rings (SSSR count). The van der Waals surface area contributed by atoms with Gasteiger partial charge in [-0.3, -0.25) is 14.3 Å². The molecule has 31 heavy (non-hydrogen) atoms. The Balaban J connectivity index is 1.39. The second kappa shape index (κ2) is 7.26. The van der Waals surface area contributed by atoms with Crippen molar-refractivity contribution in [3.63, 3.8) is 0 Å². The van der Waals surface area contributed by atoms with Crippen LogP contribution in [0.4, 0.5) is 8.78 Å². The third-order valence-electron chi connectivity index (χ3n) is 5.55. The fourth-order valence-electron chi connectivity index (χ4n) is 3.80. The third kappa shape index (κ3) is 3.67. The van der Waals surface area contributed by atoms with E-state index < -0.39 is 5.92 Å². The molecule has 0 atom stereocenters. The summed E-state index contributed by atoms with van der Waals surface area (Å²) >= 11 is 0. The van der Waals surface area contributed by atoms with E-state index in [4.69, 9.17) is 0 Å². The third-order valence-corrected chi connectivity index (χ3v) is 5.55. The first kappa shape index (κ1) is 19.3. The summed E-state index contributed by atoms with van der Waals surface area (Å²) in [6.07, 6.45) is 6.32. The Labute approximate surface area is 176 Å². The number of carbonyl (C=O) groups excluding carboxylic acids is 1. The van der Waals surface area contributed by atoms with Crippen LogP contribution in [0.15, 0.2) is 49.1 Å². The minimum atomic E-state index is -2.68. The fraction of sp³-hybridized carbons (Fsp3) is 0.273. The second-order valence-corrected chi connectivity index (χ2v) is 7.74. The van der Waals surface area contributed by atoms with Crippen molar-refractivity contribution in [3.8, 4) is 17.1 Å². The van der Waals surface area contributed by atoms with Crippen molar-refractivity contribution in [2.24, 2.45) is 0 Å². The Kier molecular flexibility index (Phi) is 4.53. The molecule has 0 bridgehead atoms. The number of carbonyl (C=O) groups is 1. The van der Waals surface area contributed by atoms with Crippen molar-refractivity contribution in [1.29, 1.82) is 0 Å². The normalized spacial score (nSPS) is 16.0. The lowest BCUT2D eigenvalue weighted by molar-refractivity contribution is -0.0494. The highest BCUT2D eigenvalue weighted by atomic mass is 19.3. The van der Waals surface area contributed by atoms with Gasteiger partial charge in [0.25, 0.3) is 11.8 Å². The zero-order valence-electron chi connectivity index (χ0n) is 16.8. The Hall–Kier alpha value is -3.62. The summed E-state index contributed by atoms with van der Waals surface area (Å²) < 4.78 is 28.6. The van der Waals surface area contributed by atoms with Crippen molar-refractivity contribution in [2.45, 2.75) is 25.7 Å². The molecule has 0 aromatic carbocycles. The summed E-state index contributed by atoms with van der Waals surface area (Å²) in [5.41, 5.74) is 3.45. The number of nitrogens with zero attached hydrogens (tertiary/aromatic N) is 5. The predicted octanol–water partition coefficient (Wildman–Crippen LogP) is 3.99. The van der Waals surface area contributed by atoms with Gasteiger partial charge in [0.1, 0.15) is 17.2 Å². The molecule has 7 nitrogen and oxygen atoms in total. The number of amides is 1. The first-order chi connectivity index (χ1) is 14.9. The number of halogens is 2. The standard InChI is InChI=1S/C22H20F2N6O/c1-14-25-13-19(28-14)18-3-2-17(12-26-18)30-7-4-15-10-16(11-27-20(15)30)21(31)29-8-5-22(23,24)6-9-29/h2-4,7,10-13H,5-6,8-9H2,1H3,(H,25,28). The highest BCUT2D eigenvalue weighted by Gasteiger charge is 2.35. The highest BCUT2D eigenvalue weighted by molar-refractivity contribution is 5.97. The van der Waals surface area contributed by atoms with Crippen LogP contribution in [-0.2, 0) is 0 Å². The Morgan fingerprint density at radius 2 is 1.90 bits per heavy atom. The smallest absolute Gasteiger partial charge is 0.255 e. The maximum absolute atomic E-state index is 13.4. The van der Waals surface area contributed by atoms with E-state index in [1.807, 2.05) is 42.1 Å². The molecule has 1 N–H and O–H groups in total. The van der Waals surface area contributed by atoms with Gasteiger partial charge in [0.2, 0.25) is 0 Å². The zero-order valence-corrected chi connectivity index (χ0v) is 16.8. The number of aromatic nitrogens is 5. The summed E-state index contributed by atoms with van der Waals surface area (Å²) in [6.45, 7) is 1.99. The summed E-state index contributed by atoms with van der Waals surface area (Å²) in [5.74, 6) is -2.13. The fourth-order valence-corrected chi connectivity index (χ4v) is 3.80. The van der Waals surface area contributed by atoms with Gasteiger partial charge >= 0.3 is 0 Å². The number of rotatable bonds is 3. The van der Waals surface area contributed by atoms with E-state index in [0.717, 1.165) is 28.3 Å². The van der Waals surface area contributed by atoms with Gasteiger partial charge in [0.15, 0.2) is 0 Å². The molecular weight excluding hydrogens is 402 g/mol. The quantitative estimate of drug-likeness (QED) is 0.541. The number of alkyl halides is 2. The molecule has 4 aromatic heterocycles. The van der Waals surface area contributed by atoms with E-state index in [2.05, 4.69) is 19.9 Å². The molecule has 9 heteroatoms. The maximum atomic E-state index is 13.4. The average molecular weight is 422 g/mol. The van der Waals surface area contributed by atoms with Gasteiger partial charge < -0.3 is 9.88 Å². The Morgan fingerprint density at radius 3 is 2.58 bits per heavy atom. The Morgan fingerprint density at radius 1 is 1.10 bits per heavy atom. The van der Waals surface area contributed by atoms with Gasteiger partial charge in [-0.2, -0.15) is 0 Å². The number of H-pyrrole nitrogens is 1. The number of aromatic amines is 1. The number of imidazole rings is 1. The number of hydrogen-bond acceptors (Lipinski definition) is 4. The monoisotopic (exact) mass is 422 g/mol. The molecule has 1 fully saturated rings. The number of pyridine rings is 2. The first-order valence-corrected chi connectivity index (χ1v) is 10.0. The minimum absolute atomic E-state index is 0.0540. The van der Waals surface area contributed by atoms with Crippen molar-refractivity contribution < 1.29 is 13.6 Å². The summed E-state index contributed by atoms with van der Waals surface area (Å²) in [5, 5.41) is 0.792. The lowest BCUT2D eigenvalue weighted by Gasteiger charge is -2.31. The van der Waals surface area contributed by atoms with E-state index in [1.54, 1.807) is 12.3 Å². The molecule has 0 saturated carbocycles. The van der Waals surface area contributed by atoms with E-state index in [1.165, 1.54) is 11.1 Å². The molecule has 1 amide bonds. The minimum Gasteiger partial charge on any atom is -0.348 e. The number of aryl methyl sites for hydroxylation is 1. The summed E-state index contributed by atoms with van der Waals surface area (Å²) in [6, 6.07) is 7.44. The van der Waals surface area contributed by atoms with Gasteiger partial charge in [-0.1, -0.05) is 0 Å². The molecule has 5 heterocycles. The van der Waals surface area contributed by atoms with Crippen LogP contribution in [0.5, 0.6) is 0 Å². The van der Waals surface area contributed by atoms with Crippen LogP contribution in [-0.4, -0.2) is 54.3 Å². The van der Waals surface area contributed by atoms with Crippen molar-refractivity contribution in [2.75, 3.05) is 13.1 Å². The van der Waals surface area contributed by atoms with E-state index in [9.17, 15) is 13.6 Å². The molecule has 0 spiro atoms. The molecule has 1 saturated heterocycles. The van der Waals surface area contributed by atoms with Crippen LogP contribution in [0.2, 0.25) is 0 Å². The topological polar surface area (TPSA) is 79.7 Å². The molecular formula is C22H20F2N6O. The predicted molar refractivity (Wildman–Crippen MR) is 111 cm³/mol. The molecule has 158 valence electrons. The SMILES string of the molecule is Cc1nc(-c2ccc(-n3ccc4cc(C(=O)N5CCC(F)(F)CC5)cnc43)cn2)c[nH]1. The average Bonchev–Trinajstić information content (AvgIpc) is 3.39. The molecule has 0 unspecified atom stereocenters. The van der Waals surface area contributed by atoms with E-state index in [-0.39, 0.29) is 31.8 Å². The van der Waals surface area contributed by atoms with Gasteiger partial charge in [0.05, 0.1) is 23.1 Å². The lowest BCUT2D eigenvalue weighted by atomic mass is 10.1. The van der Waals surface area contributed by atoms with Crippen molar-refractivity contribution in [1.82, 2.24) is 29.4 Å².